The van der Waals surface area contributed by atoms with Crippen LogP contribution in [0, 0.1) is 28.1 Å². The number of nitrogens with one attached hydrogen (secondary N) is 4. The second-order valence-electron chi connectivity index (χ2n) is 15.6. The zero-order valence-electron chi connectivity index (χ0n) is 29.8. The first-order valence-electron chi connectivity index (χ1n) is 16.7. The van der Waals surface area contributed by atoms with E-state index in [1.54, 1.807) is 20.8 Å². The molecule has 264 valence electrons. The number of carbonyl (C=O) groups excluding carboxylic acids is 6. The average Bonchev–Trinajstić information content (AvgIpc) is 3.32. The fourth-order valence-electron chi connectivity index (χ4n) is 6.49. The van der Waals surface area contributed by atoms with Crippen LogP contribution in [0.3, 0.4) is 0 Å². The summed E-state index contributed by atoms with van der Waals surface area (Å²) < 4.78 is 0. The van der Waals surface area contributed by atoms with E-state index in [1.807, 2.05) is 41.5 Å². The molecule has 0 bridgehead atoms. The summed E-state index contributed by atoms with van der Waals surface area (Å²) in [6.07, 6.45) is 7.21. The minimum Gasteiger partial charge on any atom is -0.346 e. The lowest BCUT2D eigenvalue weighted by Gasteiger charge is -2.39. The summed E-state index contributed by atoms with van der Waals surface area (Å²) in [7, 11) is 0. The second-order valence-corrected chi connectivity index (χ2v) is 15.6. The van der Waals surface area contributed by atoms with Gasteiger partial charge in [0.1, 0.15) is 23.8 Å². The third kappa shape index (κ3) is 8.65. The van der Waals surface area contributed by atoms with Crippen molar-refractivity contribution in [2.24, 2.45) is 28.1 Å². The van der Waals surface area contributed by atoms with E-state index in [0.29, 0.717) is 13.0 Å². The molecule has 0 radical (unpaired) electrons. The van der Waals surface area contributed by atoms with E-state index in [2.05, 4.69) is 37.8 Å². The molecule has 0 aromatic carbocycles. The van der Waals surface area contributed by atoms with Gasteiger partial charge in [0.25, 0.3) is 11.8 Å². The monoisotopic (exact) mass is 667 g/mol. The predicted octanol–water partition coefficient (Wildman–Crippen LogP) is 2.18. The molecule has 1 unspecified atom stereocenters. The molecule has 3 rings (SSSR count). The Morgan fingerprint density at radius 3 is 2.19 bits per heavy atom. The normalized spacial score (nSPS) is 21.5. The Kier molecular flexibility index (Phi) is 11.9. The number of amides is 5. The Morgan fingerprint density at radius 2 is 1.65 bits per heavy atom. The van der Waals surface area contributed by atoms with Crippen LogP contribution in [-0.2, 0) is 24.0 Å². The molecular weight excluding hydrogens is 614 g/mol. The van der Waals surface area contributed by atoms with Crippen LogP contribution < -0.4 is 21.3 Å². The van der Waals surface area contributed by atoms with Gasteiger partial charge >= 0.3 is 0 Å². The number of likely N-dealkylation sites (tertiary alicyclic amines) is 1. The molecule has 48 heavy (non-hydrogen) atoms. The first-order valence-corrected chi connectivity index (χ1v) is 16.7. The number of carbonyl (C=O) groups is 6. The van der Waals surface area contributed by atoms with Crippen molar-refractivity contribution in [1.82, 2.24) is 36.1 Å². The summed E-state index contributed by atoms with van der Waals surface area (Å²) in [5.74, 6) is -3.77. The molecule has 1 saturated heterocycles. The molecule has 1 aromatic heterocycles. The van der Waals surface area contributed by atoms with Crippen molar-refractivity contribution in [2.75, 3.05) is 13.1 Å². The highest BCUT2D eigenvalue weighted by atomic mass is 16.2. The Bertz CT molecular complexity index is 1400. The highest BCUT2D eigenvalue weighted by molar-refractivity contribution is 6.38. The number of aromatic nitrogens is 2. The fourth-order valence-corrected chi connectivity index (χ4v) is 6.49. The standard InChI is InChI=1S/C35H53N7O6/c1-11-13-14-21(25(43)30(46)38-15-12-2)39-29(45)24-23-20(35(23,9)10)19-42(24)32(48)27(34(6,7)8)41-31(47)26(33(3,4)5)40-28(44)22-18-36-16-17-37-22/h12,16-18,20-21,23-24,26-27H,2,11,13-15,19H2,1,3-10H3,(H,38,46)(H,39,45)(H,40,44)(H,41,47)/t20-,21?,23-,24-,26+,27+/m0/s1. The van der Waals surface area contributed by atoms with E-state index < -0.39 is 70.3 Å². The number of ketones is 1. The second kappa shape index (κ2) is 14.9. The summed E-state index contributed by atoms with van der Waals surface area (Å²) in [4.78, 5) is 90.4. The first-order chi connectivity index (χ1) is 22.3. The van der Waals surface area contributed by atoms with Crippen LogP contribution in [0.5, 0.6) is 0 Å². The van der Waals surface area contributed by atoms with Crippen molar-refractivity contribution in [2.45, 2.75) is 106 Å². The Labute approximate surface area is 283 Å². The average molecular weight is 668 g/mol. The number of piperidine rings is 1. The van der Waals surface area contributed by atoms with Crippen molar-refractivity contribution in [3.63, 3.8) is 0 Å². The van der Waals surface area contributed by atoms with E-state index in [4.69, 9.17) is 0 Å². The quantitative estimate of drug-likeness (QED) is 0.172. The number of Topliss-reactive ketones (excluding diaryl/α,β-unsaturated/α-hetero) is 1. The molecule has 1 aliphatic carbocycles. The lowest BCUT2D eigenvalue weighted by molar-refractivity contribution is -0.147. The summed E-state index contributed by atoms with van der Waals surface area (Å²) >= 11 is 0. The minimum atomic E-state index is -1.05. The van der Waals surface area contributed by atoms with Crippen LogP contribution in [0.1, 0.15) is 92.1 Å². The van der Waals surface area contributed by atoms with E-state index in [0.717, 1.165) is 6.42 Å². The summed E-state index contributed by atoms with van der Waals surface area (Å²) in [6, 6.07) is -4.04. The van der Waals surface area contributed by atoms with Crippen LogP contribution in [0.4, 0.5) is 0 Å². The molecule has 1 aliphatic heterocycles. The molecule has 2 heterocycles. The number of nitrogens with zero attached hydrogens (tertiary/aromatic N) is 3. The van der Waals surface area contributed by atoms with Crippen LogP contribution in [0.15, 0.2) is 31.2 Å². The third-order valence-corrected chi connectivity index (χ3v) is 9.47. The molecule has 5 amide bonds. The molecule has 6 atom stereocenters. The summed E-state index contributed by atoms with van der Waals surface area (Å²) in [6.45, 7) is 20.8. The minimum absolute atomic E-state index is 0.0443. The number of fused-ring (bicyclic) bond motifs is 1. The lowest BCUT2D eigenvalue weighted by atomic mass is 9.82. The van der Waals surface area contributed by atoms with Crippen molar-refractivity contribution in [1.29, 1.82) is 0 Å². The van der Waals surface area contributed by atoms with Gasteiger partial charge in [-0.05, 0) is 34.5 Å². The lowest BCUT2D eigenvalue weighted by Crippen LogP contribution is -2.63. The molecule has 13 nitrogen and oxygen atoms in total. The van der Waals surface area contributed by atoms with Gasteiger partial charge in [0, 0.05) is 25.5 Å². The van der Waals surface area contributed by atoms with E-state index in [-0.39, 0.29) is 35.9 Å². The Hall–Kier alpha value is -4.16. The molecule has 2 aliphatic rings. The number of rotatable bonds is 14. The zero-order valence-corrected chi connectivity index (χ0v) is 29.8. The first kappa shape index (κ1) is 38.3. The number of hydrogen-bond donors (Lipinski definition) is 4. The molecule has 13 heteroatoms. The highest BCUT2D eigenvalue weighted by Gasteiger charge is 2.70. The Morgan fingerprint density at radius 1 is 1.00 bits per heavy atom. The largest absolute Gasteiger partial charge is 0.346 e. The van der Waals surface area contributed by atoms with Crippen molar-refractivity contribution < 1.29 is 28.8 Å². The molecule has 2 fully saturated rings. The maximum absolute atomic E-state index is 14.4. The van der Waals surface area contributed by atoms with Crippen LogP contribution in [0.25, 0.3) is 0 Å². The maximum atomic E-state index is 14.4. The number of unbranched alkanes of at least 4 members (excludes halogenated alkanes) is 1. The SMILES string of the molecule is C=CCNC(=O)C(=O)C(CCCC)NC(=O)[C@@H]1[C@@H]2[C@H](CN1C(=O)[C@@H](NC(=O)[C@@H](NC(=O)c1cnccn1)C(C)(C)C)C(C)(C)C)C2(C)C. The van der Waals surface area contributed by atoms with Gasteiger partial charge in [-0.25, -0.2) is 4.98 Å². The molecular formula is C35H53N7O6. The van der Waals surface area contributed by atoms with Gasteiger partial charge in [-0.1, -0.05) is 81.2 Å². The van der Waals surface area contributed by atoms with Gasteiger partial charge in [-0.2, -0.15) is 0 Å². The van der Waals surface area contributed by atoms with E-state index >= 15 is 0 Å². The molecule has 1 saturated carbocycles. The third-order valence-electron chi connectivity index (χ3n) is 9.47. The van der Waals surface area contributed by atoms with Gasteiger partial charge in [0.2, 0.25) is 23.5 Å². The molecule has 1 aromatic rings. The smallest absolute Gasteiger partial charge is 0.289 e. The maximum Gasteiger partial charge on any atom is 0.289 e. The summed E-state index contributed by atoms with van der Waals surface area (Å²) in [5, 5.41) is 10.9. The van der Waals surface area contributed by atoms with Crippen LogP contribution >= 0.6 is 0 Å². The topological polar surface area (TPSA) is 180 Å². The van der Waals surface area contributed by atoms with Crippen LogP contribution in [-0.4, -0.2) is 87.4 Å². The van der Waals surface area contributed by atoms with Crippen LogP contribution in [0.2, 0.25) is 0 Å². The molecule has 0 spiro atoms. The van der Waals surface area contributed by atoms with Crippen molar-refractivity contribution >= 4 is 35.3 Å². The highest BCUT2D eigenvalue weighted by Crippen LogP contribution is 2.65. The fraction of sp³-hybridized carbons (Fsp3) is 0.657. The van der Waals surface area contributed by atoms with Gasteiger partial charge in [-0.15, -0.1) is 6.58 Å². The van der Waals surface area contributed by atoms with Gasteiger partial charge in [-0.3, -0.25) is 33.8 Å². The number of hydrogen-bond acceptors (Lipinski definition) is 8. The van der Waals surface area contributed by atoms with Gasteiger partial charge in [0.05, 0.1) is 12.2 Å². The van der Waals surface area contributed by atoms with Crippen molar-refractivity contribution in [3.05, 3.63) is 36.9 Å². The predicted molar refractivity (Wildman–Crippen MR) is 180 cm³/mol. The van der Waals surface area contributed by atoms with Gasteiger partial charge < -0.3 is 26.2 Å². The summed E-state index contributed by atoms with van der Waals surface area (Å²) in [5.41, 5.74) is -1.70. The Balaban J connectivity index is 1.88. The van der Waals surface area contributed by atoms with Gasteiger partial charge in [0.15, 0.2) is 0 Å². The zero-order chi connectivity index (χ0) is 36.2. The molecule has 4 N–H and O–H groups in total. The van der Waals surface area contributed by atoms with E-state index in [1.165, 1.54) is 29.6 Å². The van der Waals surface area contributed by atoms with Crippen molar-refractivity contribution in [3.8, 4) is 0 Å². The van der Waals surface area contributed by atoms with E-state index in [9.17, 15) is 28.8 Å².